The molecule has 2 rings (SSSR count). The zero-order valence-corrected chi connectivity index (χ0v) is 12.8. The van der Waals surface area contributed by atoms with Crippen LogP contribution in [0.4, 0.5) is 6.01 Å². The van der Waals surface area contributed by atoms with Crippen LogP contribution >= 0.6 is 34.5 Å². The Bertz CT molecular complexity index is 616. The second-order valence-electron chi connectivity index (χ2n) is 4.85. The molecule has 1 N–H and O–H groups in total. The predicted octanol–water partition coefficient (Wildman–Crippen LogP) is 4.09. The lowest BCUT2D eigenvalue weighted by atomic mass is 9.96. The van der Waals surface area contributed by atoms with Gasteiger partial charge in [-0.2, -0.15) is 0 Å². The molecule has 0 aliphatic heterocycles. The van der Waals surface area contributed by atoms with Crippen molar-refractivity contribution in [3.05, 3.63) is 14.7 Å². The van der Waals surface area contributed by atoms with Crippen molar-refractivity contribution in [2.75, 3.05) is 5.32 Å². The number of aromatic nitrogens is 2. The average Bonchev–Trinajstić information content (AvgIpc) is 2.84. The number of amides is 1. The molecule has 2 aromatic heterocycles. The summed E-state index contributed by atoms with van der Waals surface area (Å²) in [6.07, 6.45) is 0. The summed E-state index contributed by atoms with van der Waals surface area (Å²) in [5.41, 5.74) is 0.0123. The summed E-state index contributed by atoms with van der Waals surface area (Å²) >= 11 is 13.0. The highest BCUT2D eigenvalue weighted by molar-refractivity contribution is 7.20. The Balaban J connectivity index is 2.20. The summed E-state index contributed by atoms with van der Waals surface area (Å²) in [7, 11) is 0. The number of hydrogen-bond donors (Lipinski definition) is 1. The van der Waals surface area contributed by atoms with E-state index in [0.717, 1.165) is 0 Å². The van der Waals surface area contributed by atoms with Crippen LogP contribution in [0.5, 0.6) is 0 Å². The van der Waals surface area contributed by atoms with Crippen molar-refractivity contribution in [1.29, 1.82) is 0 Å². The van der Waals surface area contributed by atoms with Crippen molar-refractivity contribution in [3.63, 3.8) is 0 Å². The van der Waals surface area contributed by atoms with E-state index in [9.17, 15) is 4.79 Å². The quantitative estimate of drug-likeness (QED) is 0.905. The van der Waals surface area contributed by atoms with Crippen molar-refractivity contribution < 1.29 is 9.21 Å². The lowest BCUT2D eigenvalue weighted by Gasteiger charge is -2.15. The highest BCUT2D eigenvalue weighted by Crippen LogP contribution is 2.37. The Morgan fingerprint density at radius 1 is 1.37 bits per heavy atom. The van der Waals surface area contributed by atoms with Crippen molar-refractivity contribution >= 4 is 46.5 Å². The largest absolute Gasteiger partial charge is 0.403 e. The lowest BCUT2D eigenvalue weighted by Crippen LogP contribution is -2.27. The summed E-state index contributed by atoms with van der Waals surface area (Å²) in [6, 6.07) is 1.67. The number of nitrogens with zero attached hydrogens (tertiary/aromatic N) is 2. The van der Waals surface area contributed by atoms with Crippen LogP contribution in [-0.2, 0) is 4.79 Å². The van der Waals surface area contributed by atoms with Gasteiger partial charge in [0.15, 0.2) is 0 Å². The number of thiophene rings is 1. The van der Waals surface area contributed by atoms with Crippen LogP contribution in [0.2, 0.25) is 8.67 Å². The van der Waals surface area contributed by atoms with Crippen LogP contribution in [0.15, 0.2) is 10.5 Å². The summed E-state index contributed by atoms with van der Waals surface area (Å²) in [4.78, 5) is 11.8. The Morgan fingerprint density at radius 2 is 2.05 bits per heavy atom. The summed E-state index contributed by atoms with van der Waals surface area (Å²) in [5, 5.41) is 10.1. The number of hydrogen-bond acceptors (Lipinski definition) is 5. The third kappa shape index (κ3) is 3.26. The molecule has 0 aromatic carbocycles. The van der Waals surface area contributed by atoms with Crippen LogP contribution in [0.25, 0.3) is 11.5 Å². The standard InChI is InChI=1S/C11H11Cl2N3O2S/c1-11(2,3)9(17)14-10-16-15-8(18-10)5-4-6(12)19-7(5)13/h4H,1-3H3,(H,14,16,17). The summed E-state index contributed by atoms with van der Waals surface area (Å²) < 4.78 is 6.33. The number of rotatable bonds is 2. The van der Waals surface area contributed by atoms with Crippen LogP contribution < -0.4 is 5.32 Å². The van der Waals surface area contributed by atoms with Gasteiger partial charge in [-0.1, -0.05) is 49.1 Å². The number of anilines is 1. The van der Waals surface area contributed by atoms with E-state index in [0.29, 0.717) is 14.2 Å². The highest BCUT2D eigenvalue weighted by Gasteiger charge is 2.23. The molecule has 1 amide bonds. The normalized spacial score (nSPS) is 11.6. The molecule has 5 nitrogen and oxygen atoms in total. The number of carbonyl (C=O) groups is 1. The zero-order chi connectivity index (χ0) is 14.2. The molecule has 0 unspecified atom stereocenters. The molecule has 0 fully saturated rings. The maximum Gasteiger partial charge on any atom is 0.322 e. The molecule has 102 valence electrons. The maximum atomic E-state index is 11.8. The Morgan fingerprint density at radius 3 is 2.58 bits per heavy atom. The van der Waals surface area contributed by atoms with Crippen LogP contribution in [-0.4, -0.2) is 16.1 Å². The molecule has 19 heavy (non-hydrogen) atoms. The van der Waals surface area contributed by atoms with Gasteiger partial charge in [-0.15, -0.1) is 16.4 Å². The average molecular weight is 320 g/mol. The molecule has 2 aromatic rings. The minimum atomic E-state index is -0.544. The molecule has 2 heterocycles. The molecule has 0 spiro atoms. The van der Waals surface area contributed by atoms with E-state index in [1.807, 2.05) is 0 Å². The van der Waals surface area contributed by atoms with Gasteiger partial charge >= 0.3 is 6.01 Å². The van der Waals surface area contributed by atoms with E-state index in [2.05, 4.69) is 15.5 Å². The molecular weight excluding hydrogens is 309 g/mol. The molecule has 8 heteroatoms. The van der Waals surface area contributed by atoms with E-state index in [4.69, 9.17) is 27.6 Å². The van der Waals surface area contributed by atoms with Crippen molar-refractivity contribution in [2.24, 2.45) is 5.41 Å². The van der Waals surface area contributed by atoms with Crippen LogP contribution in [0, 0.1) is 5.41 Å². The highest BCUT2D eigenvalue weighted by atomic mass is 35.5. The SMILES string of the molecule is CC(C)(C)C(=O)Nc1nnc(-c2cc(Cl)sc2Cl)o1. The molecule has 0 aliphatic rings. The van der Waals surface area contributed by atoms with Crippen molar-refractivity contribution in [1.82, 2.24) is 10.2 Å². The van der Waals surface area contributed by atoms with Crippen LogP contribution in [0.3, 0.4) is 0 Å². The molecule has 0 saturated heterocycles. The topological polar surface area (TPSA) is 68.0 Å². The maximum absolute atomic E-state index is 11.8. The first-order chi connectivity index (χ1) is 8.77. The predicted molar refractivity (Wildman–Crippen MR) is 75.7 cm³/mol. The minimum Gasteiger partial charge on any atom is -0.403 e. The Kier molecular flexibility index (Phi) is 3.85. The van der Waals surface area contributed by atoms with E-state index >= 15 is 0 Å². The fourth-order valence-electron chi connectivity index (χ4n) is 1.15. The van der Waals surface area contributed by atoms with Crippen LogP contribution in [0.1, 0.15) is 20.8 Å². The first-order valence-electron chi connectivity index (χ1n) is 5.37. The van der Waals surface area contributed by atoms with E-state index < -0.39 is 5.41 Å². The molecule has 0 radical (unpaired) electrons. The fraction of sp³-hybridized carbons (Fsp3) is 0.364. The van der Waals surface area contributed by atoms with Gasteiger partial charge in [0.1, 0.15) is 4.34 Å². The van der Waals surface area contributed by atoms with Gasteiger partial charge in [-0.05, 0) is 6.07 Å². The summed E-state index contributed by atoms with van der Waals surface area (Å²) in [6.45, 7) is 5.36. The van der Waals surface area contributed by atoms with Gasteiger partial charge in [-0.25, -0.2) is 0 Å². The van der Waals surface area contributed by atoms with E-state index in [-0.39, 0.29) is 17.8 Å². The lowest BCUT2D eigenvalue weighted by molar-refractivity contribution is -0.123. The second kappa shape index (κ2) is 5.11. The fourth-order valence-corrected chi connectivity index (χ4v) is 2.60. The van der Waals surface area contributed by atoms with Gasteiger partial charge in [0.05, 0.1) is 9.90 Å². The van der Waals surface area contributed by atoms with Crippen molar-refractivity contribution in [3.8, 4) is 11.5 Å². The van der Waals surface area contributed by atoms with E-state index in [1.165, 1.54) is 11.3 Å². The second-order valence-corrected chi connectivity index (χ2v) is 7.14. The third-order valence-electron chi connectivity index (χ3n) is 2.21. The first kappa shape index (κ1) is 14.3. The molecule has 0 bridgehead atoms. The number of nitrogens with one attached hydrogen (secondary N) is 1. The van der Waals surface area contributed by atoms with E-state index in [1.54, 1.807) is 26.8 Å². The molecular formula is C11H11Cl2N3O2S. The van der Waals surface area contributed by atoms with Gasteiger partial charge in [-0.3, -0.25) is 10.1 Å². The first-order valence-corrected chi connectivity index (χ1v) is 6.95. The monoisotopic (exact) mass is 319 g/mol. The number of halogens is 2. The zero-order valence-electron chi connectivity index (χ0n) is 10.5. The van der Waals surface area contributed by atoms with Gasteiger partial charge in [0, 0.05) is 5.41 Å². The van der Waals surface area contributed by atoms with Gasteiger partial charge in [0.2, 0.25) is 5.91 Å². The van der Waals surface area contributed by atoms with Gasteiger partial charge < -0.3 is 4.42 Å². The molecule has 0 atom stereocenters. The molecule has 0 saturated carbocycles. The smallest absolute Gasteiger partial charge is 0.322 e. The minimum absolute atomic E-state index is 0.0355. The number of carbonyl (C=O) groups excluding carboxylic acids is 1. The Labute approximate surface area is 123 Å². The Hall–Kier alpha value is -1.11. The molecule has 0 aliphatic carbocycles. The van der Waals surface area contributed by atoms with Gasteiger partial charge in [0.25, 0.3) is 5.89 Å². The van der Waals surface area contributed by atoms with Crippen molar-refractivity contribution in [2.45, 2.75) is 20.8 Å². The third-order valence-corrected chi connectivity index (χ3v) is 3.70. The summed E-state index contributed by atoms with van der Waals surface area (Å²) in [5.74, 6) is 0.00880.